The van der Waals surface area contributed by atoms with E-state index in [1.54, 1.807) is 43.3 Å². The van der Waals surface area contributed by atoms with E-state index in [9.17, 15) is 13.6 Å². The molecule has 1 amide bonds. The second kappa shape index (κ2) is 8.10. The fourth-order valence-electron chi connectivity index (χ4n) is 2.45. The molecule has 0 saturated carbocycles. The van der Waals surface area contributed by atoms with Gasteiger partial charge in [-0.05, 0) is 30.3 Å². The quantitative estimate of drug-likeness (QED) is 0.722. The van der Waals surface area contributed by atoms with Gasteiger partial charge in [-0.3, -0.25) is 4.79 Å². The molecule has 2 rings (SSSR count). The molecule has 0 aromatic heterocycles. The van der Waals surface area contributed by atoms with Gasteiger partial charge in [0.25, 0.3) is 11.8 Å². The van der Waals surface area contributed by atoms with E-state index in [4.69, 9.17) is 16.3 Å². The van der Waals surface area contributed by atoms with Crippen molar-refractivity contribution in [2.45, 2.75) is 12.8 Å². The third-order valence-electron chi connectivity index (χ3n) is 4.11. The van der Waals surface area contributed by atoms with Gasteiger partial charge in [-0.1, -0.05) is 17.7 Å². The fraction of sp³-hybridized carbons (Fsp3) is 0.316. The number of carbonyl (C=O) groups is 1. The highest BCUT2D eigenvalue weighted by atomic mass is 35.5. The second-order valence-corrected chi connectivity index (χ2v) is 6.73. The summed E-state index contributed by atoms with van der Waals surface area (Å²) in [5.41, 5.74) is 0.809. The van der Waals surface area contributed by atoms with Gasteiger partial charge in [-0.2, -0.15) is 0 Å². The Morgan fingerprint density at radius 2 is 1.81 bits per heavy atom. The number of halogens is 3. The molecular formula is C19H22ClF2N3O2. The van der Waals surface area contributed by atoms with Gasteiger partial charge in [0.2, 0.25) is 0 Å². The van der Waals surface area contributed by atoms with E-state index in [1.165, 1.54) is 31.4 Å². The number of benzene rings is 2. The molecule has 0 spiro atoms. The highest BCUT2D eigenvalue weighted by Gasteiger charge is 2.26. The van der Waals surface area contributed by atoms with E-state index >= 15 is 0 Å². The molecule has 0 fully saturated rings. The zero-order valence-electron chi connectivity index (χ0n) is 15.8. The van der Waals surface area contributed by atoms with Crippen molar-refractivity contribution in [1.29, 1.82) is 0 Å². The minimum atomic E-state index is -3.04. The van der Waals surface area contributed by atoms with Crippen LogP contribution in [0.25, 0.3) is 0 Å². The lowest BCUT2D eigenvalue weighted by atomic mass is 10.1. The molecule has 0 heterocycles. The second-order valence-electron chi connectivity index (χ2n) is 6.29. The standard InChI is InChI=1S/C19H22ClF2N3O2/c1-19(21,22)12-6-8-16(25(4)24(2)3)15(10-12)23-18(26)14-11-13(20)7-9-17(14)27-5/h6-11H,1-5H3,(H,23,26). The molecule has 2 aromatic carbocycles. The molecule has 27 heavy (non-hydrogen) atoms. The Balaban J connectivity index is 2.49. The highest BCUT2D eigenvalue weighted by molar-refractivity contribution is 6.31. The van der Waals surface area contributed by atoms with Gasteiger partial charge in [0.05, 0.1) is 24.0 Å². The van der Waals surface area contributed by atoms with Crippen LogP contribution in [0.3, 0.4) is 0 Å². The number of anilines is 2. The van der Waals surface area contributed by atoms with E-state index in [-0.39, 0.29) is 16.8 Å². The van der Waals surface area contributed by atoms with Gasteiger partial charge in [0.15, 0.2) is 0 Å². The Labute approximate surface area is 162 Å². The van der Waals surface area contributed by atoms with Gasteiger partial charge in [-0.15, -0.1) is 0 Å². The Kier molecular flexibility index (Phi) is 6.28. The number of nitrogens with one attached hydrogen (secondary N) is 1. The van der Waals surface area contributed by atoms with Crippen molar-refractivity contribution in [2.75, 3.05) is 38.6 Å². The number of ether oxygens (including phenoxy) is 1. The van der Waals surface area contributed by atoms with Crippen molar-refractivity contribution in [3.8, 4) is 5.75 Å². The number of hydrazine groups is 1. The first-order valence-electron chi connectivity index (χ1n) is 8.12. The van der Waals surface area contributed by atoms with E-state index in [0.29, 0.717) is 16.5 Å². The zero-order valence-corrected chi connectivity index (χ0v) is 16.6. The average Bonchev–Trinajstić information content (AvgIpc) is 2.60. The van der Waals surface area contributed by atoms with Crippen molar-refractivity contribution >= 4 is 28.9 Å². The maximum atomic E-state index is 13.8. The summed E-state index contributed by atoms with van der Waals surface area (Å²) in [5, 5.41) is 6.54. The van der Waals surface area contributed by atoms with Crippen LogP contribution in [0.4, 0.5) is 20.2 Å². The molecule has 0 saturated heterocycles. The van der Waals surface area contributed by atoms with Crippen molar-refractivity contribution < 1.29 is 18.3 Å². The molecular weight excluding hydrogens is 376 g/mol. The van der Waals surface area contributed by atoms with Crippen molar-refractivity contribution in [1.82, 2.24) is 5.01 Å². The van der Waals surface area contributed by atoms with Crippen LogP contribution in [0.15, 0.2) is 36.4 Å². The lowest BCUT2D eigenvalue weighted by molar-refractivity contribution is 0.0175. The summed E-state index contributed by atoms with van der Waals surface area (Å²) in [4.78, 5) is 12.8. The Hall–Kier alpha value is -2.38. The van der Waals surface area contributed by atoms with Crippen LogP contribution in [0, 0.1) is 0 Å². The first-order valence-corrected chi connectivity index (χ1v) is 8.50. The van der Waals surface area contributed by atoms with Crippen LogP contribution < -0.4 is 15.1 Å². The van der Waals surface area contributed by atoms with Gasteiger partial charge in [0, 0.05) is 38.7 Å². The van der Waals surface area contributed by atoms with E-state index in [2.05, 4.69) is 5.32 Å². The van der Waals surface area contributed by atoms with Gasteiger partial charge in [0.1, 0.15) is 5.75 Å². The van der Waals surface area contributed by atoms with Crippen LogP contribution in [-0.2, 0) is 5.92 Å². The molecule has 8 heteroatoms. The zero-order chi connectivity index (χ0) is 20.4. The highest BCUT2D eigenvalue weighted by Crippen LogP contribution is 2.35. The van der Waals surface area contributed by atoms with Crippen molar-refractivity contribution in [3.63, 3.8) is 0 Å². The molecule has 0 bridgehead atoms. The molecule has 0 atom stereocenters. The molecule has 146 valence electrons. The largest absolute Gasteiger partial charge is 0.496 e. The number of alkyl halides is 2. The Morgan fingerprint density at radius 1 is 1.15 bits per heavy atom. The van der Waals surface area contributed by atoms with Gasteiger partial charge >= 0.3 is 0 Å². The summed E-state index contributed by atoms with van der Waals surface area (Å²) in [6, 6.07) is 8.78. The first-order chi connectivity index (χ1) is 12.5. The monoisotopic (exact) mass is 397 g/mol. The molecule has 0 aliphatic rings. The number of carbonyl (C=O) groups excluding carboxylic acids is 1. The normalized spacial score (nSPS) is 11.4. The third-order valence-corrected chi connectivity index (χ3v) is 4.34. The molecule has 0 aliphatic heterocycles. The van der Waals surface area contributed by atoms with Gasteiger partial charge in [-0.25, -0.2) is 13.8 Å². The lowest BCUT2D eigenvalue weighted by Crippen LogP contribution is -2.34. The predicted molar refractivity (Wildman–Crippen MR) is 104 cm³/mol. The predicted octanol–water partition coefficient (Wildman–Crippen LogP) is 4.63. The number of rotatable bonds is 6. The number of nitrogens with zero attached hydrogens (tertiary/aromatic N) is 2. The summed E-state index contributed by atoms with van der Waals surface area (Å²) >= 11 is 5.98. The van der Waals surface area contributed by atoms with Crippen molar-refractivity contribution in [2.24, 2.45) is 0 Å². The molecule has 0 aliphatic carbocycles. The number of hydrogen-bond acceptors (Lipinski definition) is 4. The minimum absolute atomic E-state index is 0.202. The molecule has 0 radical (unpaired) electrons. The molecule has 2 aromatic rings. The topological polar surface area (TPSA) is 44.8 Å². The molecule has 0 unspecified atom stereocenters. The fourth-order valence-corrected chi connectivity index (χ4v) is 2.63. The maximum absolute atomic E-state index is 13.8. The first kappa shape index (κ1) is 20.9. The SMILES string of the molecule is COc1ccc(Cl)cc1C(=O)Nc1cc(C(C)(F)F)ccc1N(C)N(C)C. The molecule has 1 N–H and O–H groups in total. The van der Waals surface area contributed by atoms with E-state index in [1.807, 2.05) is 0 Å². The smallest absolute Gasteiger partial charge is 0.270 e. The van der Waals surface area contributed by atoms with Crippen LogP contribution >= 0.6 is 11.6 Å². The van der Waals surface area contributed by atoms with Gasteiger partial charge < -0.3 is 15.1 Å². The number of amides is 1. The van der Waals surface area contributed by atoms with Crippen LogP contribution in [0.2, 0.25) is 5.02 Å². The maximum Gasteiger partial charge on any atom is 0.270 e. The van der Waals surface area contributed by atoms with Crippen LogP contribution in [-0.4, -0.2) is 39.2 Å². The van der Waals surface area contributed by atoms with E-state index < -0.39 is 11.8 Å². The number of methoxy groups -OCH3 is 1. The van der Waals surface area contributed by atoms with Crippen molar-refractivity contribution in [3.05, 3.63) is 52.5 Å². The third kappa shape index (κ3) is 4.87. The lowest BCUT2D eigenvalue weighted by Gasteiger charge is -2.29. The number of hydrogen-bond donors (Lipinski definition) is 1. The van der Waals surface area contributed by atoms with E-state index in [0.717, 1.165) is 6.92 Å². The molecule has 5 nitrogen and oxygen atoms in total. The average molecular weight is 398 g/mol. The summed E-state index contributed by atoms with van der Waals surface area (Å²) in [6.07, 6.45) is 0. The summed E-state index contributed by atoms with van der Waals surface area (Å²) < 4.78 is 32.8. The Bertz CT molecular complexity index is 838. The Morgan fingerprint density at radius 3 is 2.37 bits per heavy atom. The summed E-state index contributed by atoms with van der Waals surface area (Å²) in [5.74, 6) is -3.22. The van der Waals surface area contributed by atoms with Crippen LogP contribution in [0.5, 0.6) is 5.75 Å². The summed E-state index contributed by atoms with van der Waals surface area (Å²) in [6.45, 7) is 0.809. The minimum Gasteiger partial charge on any atom is -0.496 e. The van der Waals surface area contributed by atoms with Crippen LogP contribution in [0.1, 0.15) is 22.8 Å². The summed E-state index contributed by atoms with van der Waals surface area (Å²) in [7, 11) is 6.79.